The van der Waals surface area contributed by atoms with E-state index in [0.717, 1.165) is 40.9 Å². The zero-order chi connectivity index (χ0) is 23.7. The number of hydrogen-bond donors (Lipinski definition) is 1. The van der Waals surface area contributed by atoms with Gasteiger partial charge >= 0.3 is 0 Å². The van der Waals surface area contributed by atoms with Gasteiger partial charge in [-0.1, -0.05) is 29.3 Å². The van der Waals surface area contributed by atoms with E-state index in [1.54, 1.807) is 24.4 Å². The largest absolute Gasteiger partial charge is 0.378 e. The van der Waals surface area contributed by atoms with Crippen LogP contribution < -0.4 is 10.6 Å². The second-order valence-corrected chi connectivity index (χ2v) is 8.78. The van der Waals surface area contributed by atoms with Crippen LogP contribution in [0.3, 0.4) is 0 Å². The molecule has 5 rings (SSSR count). The number of benzene rings is 2. The number of carbonyl (C=O) groups is 1. The Morgan fingerprint density at radius 2 is 1.82 bits per heavy atom. The summed E-state index contributed by atoms with van der Waals surface area (Å²) in [4.78, 5) is 28.1. The number of primary amides is 1. The SMILES string of the molecule is NC(=O)C(c1cc(-c2ncnc3cc(N4CCOCC4)ccc23)ccc1Cl)c1ncccc1Cl. The number of aromatic nitrogens is 3. The van der Waals surface area contributed by atoms with Crippen LogP contribution in [0, 0.1) is 0 Å². The summed E-state index contributed by atoms with van der Waals surface area (Å²) >= 11 is 12.9. The topological polar surface area (TPSA) is 94.2 Å². The van der Waals surface area contributed by atoms with Crippen LogP contribution in [0.5, 0.6) is 0 Å². The highest BCUT2D eigenvalue weighted by atomic mass is 35.5. The number of hydrogen-bond acceptors (Lipinski definition) is 6. The predicted octanol–water partition coefficient (Wildman–Crippen LogP) is 4.45. The van der Waals surface area contributed by atoms with Crippen molar-refractivity contribution in [1.29, 1.82) is 0 Å². The van der Waals surface area contributed by atoms with Crippen molar-refractivity contribution in [2.75, 3.05) is 31.2 Å². The van der Waals surface area contributed by atoms with E-state index in [1.165, 1.54) is 6.33 Å². The van der Waals surface area contributed by atoms with Gasteiger partial charge in [-0.25, -0.2) is 9.97 Å². The Labute approximate surface area is 206 Å². The van der Waals surface area contributed by atoms with Gasteiger partial charge in [-0.3, -0.25) is 9.78 Å². The molecule has 1 unspecified atom stereocenters. The lowest BCUT2D eigenvalue weighted by atomic mass is 9.92. The van der Waals surface area contributed by atoms with E-state index in [2.05, 4.69) is 32.0 Å². The molecule has 9 heteroatoms. The van der Waals surface area contributed by atoms with Crippen LogP contribution in [0.15, 0.2) is 61.1 Å². The number of anilines is 1. The van der Waals surface area contributed by atoms with E-state index in [9.17, 15) is 4.79 Å². The molecule has 1 amide bonds. The summed E-state index contributed by atoms with van der Waals surface area (Å²) < 4.78 is 5.46. The second kappa shape index (κ2) is 9.54. The zero-order valence-corrected chi connectivity index (χ0v) is 19.6. The van der Waals surface area contributed by atoms with Crippen LogP contribution in [0.1, 0.15) is 17.2 Å². The molecule has 172 valence electrons. The van der Waals surface area contributed by atoms with Crippen LogP contribution in [0.25, 0.3) is 22.2 Å². The quantitative estimate of drug-likeness (QED) is 0.441. The molecule has 4 aromatic rings. The van der Waals surface area contributed by atoms with Gasteiger partial charge in [-0.05, 0) is 48.0 Å². The second-order valence-electron chi connectivity index (χ2n) is 7.97. The smallest absolute Gasteiger partial charge is 0.231 e. The minimum atomic E-state index is -0.901. The van der Waals surface area contributed by atoms with Crippen molar-refractivity contribution in [3.8, 4) is 11.3 Å². The maximum absolute atomic E-state index is 12.5. The highest BCUT2D eigenvalue weighted by Gasteiger charge is 2.27. The Bertz CT molecular complexity index is 1370. The van der Waals surface area contributed by atoms with Crippen molar-refractivity contribution in [3.63, 3.8) is 0 Å². The number of amides is 1. The highest BCUT2D eigenvalue weighted by Crippen LogP contribution is 2.36. The Morgan fingerprint density at radius 3 is 2.59 bits per heavy atom. The number of ether oxygens (including phenoxy) is 1. The monoisotopic (exact) mass is 493 g/mol. The van der Waals surface area contributed by atoms with Gasteiger partial charge < -0.3 is 15.4 Å². The number of nitrogens with two attached hydrogens (primary N) is 1. The van der Waals surface area contributed by atoms with Crippen molar-refractivity contribution in [2.24, 2.45) is 5.73 Å². The van der Waals surface area contributed by atoms with Crippen LogP contribution in [-0.2, 0) is 9.53 Å². The van der Waals surface area contributed by atoms with Crippen LogP contribution in [0.4, 0.5) is 5.69 Å². The number of pyridine rings is 1. The van der Waals surface area contributed by atoms with E-state index in [0.29, 0.717) is 34.5 Å². The number of carbonyl (C=O) groups excluding carboxylic acids is 1. The minimum absolute atomic E-state index is 0.343. The first-order valence-electron chi connectivity index (χ1n) is 10.8. The first-order valence-corrected chi connectivity index (χ1v) is 11.6. The van der Waals surface area contributed by atoms with Gasteiger partial charge in [0, 0.05) is 40.9 Å². The van der Waals surface area contributed by atoms with E-state index in [4.69, 9.17) is 33.7 Å². The van der Waals surface area contributed by atoms with E-state index in [-0.39, 0.29) is 0 Å². The molecule has 34 heavy (non-hydrogen) atoms. The third-order valence-corrected chi connectivity index (χ3v) is 6.59. The fourth-order valence-electron chi connectivity index (χ4n) is 4.25. The summed E-state index contributed by atoms with van der Waals surface area (Å²) in [6.45, 7) is 3.10. The average Bonchev–Trinajstić information content (AvgIpc) is 2.86. The standard InChI is InChI=1S/C25H21Cl2N5O2/c26-19-6-3-15(12-18(19)22(25(28)33)24-20(27)2-1-7-29-24)23-17-5-4-16(13-21(17)30-14-31-23)32-8-10-34-11-9-32/h1-7,12-14,22H,8-11H2,(H2,28,33). The molecule has 2 N–H and O–H groups in total. The molecule has 2 aromatic heterocycles. The van der Waals surface area contributed by atoms with Crippen molar-refractivity contribution >= 4 is 45.7 Å². The number of halogens is 2. The summed E-state index contributed by atoms with van der Waals surface area (Å²) in [5.74, 6) is -1.50. The van der Waals surface area contributed by atoms with E-state index < -0.39 is 11.8 Å². The molecule has 0 spiro atoms. The molecule has 3 heterocycles. The van der Waals surface area contributed by atoms with Crippen molar-refractivity contribution in [3.05, 3.63) is 82.4 Å². The summed E-state index contributed by atoms with van der Waals surface area (Å²) in [6, 6.07) is 14.9. The van der Waals surface area contributed by atoms with Crippen molar-refractivity contribution in [1.82, 2.24) is 15.0 Å². The predicted molar refractivity (Wildman–Crippen MR) is 133 cm³/mol. The van der Waals surface area contributed by atoms with Crippen molar-refractivity contribution in [2.45, 2.75) is 5.92 Å². The summed E-state index contributed by atoms with van der Waals surface area (Å²) in [5, 5.41) is 1.62. The normalized spacial score (nSPS) is 14.8. The first-order chi connectivity index (χ1) is 16.5. The summed E-state index contributed by atoms with van der Waals surface area (Å²) in [6.07, 6.45) is 3.11. The molecular weight excluding hydrogens is 473 g/mol. The Balaban J connectivity index is 1.59. The van der Waals surface area contributed by atoms with Gasteiger partial charge in [-0.2, -0.15) is 0 Å². The van der Waals surface area contributed by atoms with Crippen molar-refractivity contribution < 1.29 is 9.53 Å². The lowest BCUT2D eigenvalue weighted by Gasteiger charge is -2.29. The lowest BCUT2D eigenvalue weighted by molar-refractivity contribution is -0.118. The molecular formula is C25H21Cl2N5O2. The van der Waals surface area contributed by atoms with Gasteiger partial charge in [0.1, 0.15) is 12.2 Å². The van der Waals surface area contributed by atoms with E-state index >= 15 is 0 Å². The molecule has 0 bridgehead atoms. The number of fused-ring (bicyclic) bond motifs is 1. The number of rotatable bonds is 5. The Hall–Kier alpha value is -3.26. The Kier molecular flexibility index (Phi) is 6.32. The maximum atomic E-state index is 12.5. The van der Waals surface area contributed by atoms with Gasteiger partial charge in [-0.15, -0.1) is 0 Å². The first kappa shape index (κ1) is 22.5. The fraction of sp³-hybridized carbons (Fsp3) is 0.200. The van der Waals surface area contributed by atoms with E-state index in [1.807, 2.05) is 18.2 Å². The molecule has 1 saturated heterocycles. The molecule has 7 nitrogen and oxygen atoms in total. The molecule has 1 fully saturated rings. The van der Waals surface area contributed by atoms with Gasteiger partial charge in [0.05, 0.1) is 35.1 Å². The van der Waals surface area contributed by atoms with Crippen LogP contribution in [0.2, 0.25) is 10.0 Å². The van der Waals surface area contributed by atoms with Crippen LogP contribution in [-0.4, -0.2) is 47.2 Å². The molecule has 1 atom stereocenters. The third-order valence-electron chi connectivity index (χ3n) is 5.92. The number of nitrogens with zero attached hydrogens (tertiary/aromatic N) is 4. The van der Waals surface area contributed by atoms with Crippen LogP contribution >= 0.6 is 23.2 Å². The molecule has 0 aliphatic carbocycles. The molecule has 0 saturated carbocycles. The van der Waals surface area contributed by atoms with Gasteiger partial charge in [0.25, 0.3) is 0 Å². The zero-order valence-electron chi connectivity index (χ0n) is 18.1. The molecule has 1 aliphatic heterocycles. The Morgan fingerprint density at radius 1 is 1.00 bits per heavy atom. The maximum Gasteiger partial charge on any atom is 0.231 e. The fourth-order valence-corrected chi connectivity index (χ4v) is 4.71. The lowest BCUT2D eigenvalue weighted by Crippen LogP contribution is -2.36. The van der Waals surface area contributed by atoms with Gasteiger partial charge in [0.15, 0.2) is 0 Å². The third kappa shape index (κ3) is 4.30. The summed E-state index contributed by atoms with van der Waals surface area (Å²) in [7, 11) is 0. The average molecular weight is 494 g/mol. The highest BCUT2D eigenvalue weighted by molar-refractivity contribution is 6.32. The minimum Gasteiger partial charge on any atom is -0.378 e. The molecule has 2 aromatic carbocycles. The summed E-state index contributed by atoms with van der Waals surface area (Å²) in [5.41, 5.74) is 10.1. The molecule has 1 aliphatic rings. The van der Waals surface area contributed by atoms with Gasteiger partial charge in [0.2, 0.25) is 5.91 Å². The molecule has 0 radical (unpaired) electrons. The number of morpholine rings is 1.